The number of Topliss-reactive ketones (excluding diaryl/α,β-unsaturated/α-hetero) is 1. The molecule has 1 atom stereocenters. The van der Waals surface area contributed by atoms with E-state index >= 15 is 0 Å². The van der Waals surface area contributed by atoms with Crippen molar-refractivity contribution >= 4 is 39.2 Å². The summed E-state index contributed by atoms with van der Waals surface area (Å²) in [6, 6.07) is 25.3. The summed E-state index contributed by atoms with van der Waals surface area (Å²) in [4.78, 5) is 13.7. The molecule has 2 N–H and O–H groups in total. The van der Waals surface area contributed by atoms with Crippen molar-refractivity contribution in [1.29, 1.82) is 0 Å². The van der Waals surface area contributed by atoms with Crippen LogP contribution >= 0.6 is 27.7 Å². The first kappa shape index (κ1) is 17.8. The number of benzene rings is 3. The lowest BCUT2D eigenvalue weighted by Crippen LogP contribution is -2.06. The predicted molar refractivity (Wildman–Crippen MR) is 109 cm³/mol. The molecular weight excluding hydrogens is 394 g/mol. The monoisotopic (exact) mass is 411 g/mol. The molecule has 3 rings (SSSR count). The molecule has 126 valence electrons. The Morgan fingerprint density at radius 2 is 1.56 bits per heavy atom. The zero-order valence-corrected chi connectivity index (χ0v) is 16.0. The molecule has 0 amide bonds. The second-order valence-electron chi connectivity index (χ2n) is 5.69. The molecule has 0 aliphatic heterocycles. The molecule has 0 saturated heterocycles. The van der Waals surface area contributed by atoms with Crippen molar-refractivity contribution in [3.8, 4) is 0 Å². The van der Waals surface area contributed by atoms with Gasteiger partial charge in [-0.3, -0.25) is 4.79 Å². The van der Waals surface area contributed by atoms with Crippen molar-refractivity contribution in [2.24, 2.45) is 0 Å². The molecule has 3 aromatic carbocycles. The van der Waals surface area contributed by atoms with Gasteiger partial charge >= 0.3 is 0 Å². The number of nitrogen functional groups attached to an aromatic ring is 1. The van der Waals surface area contributed by atoms with Crippen LogP contribution in [0.25, 0.3) is 0 Å². The first-order valence-corrected chi connectivity index (χ1v) is 9.65. The molecular formula is C21H18BrNOS. The average molecular weight is 412 g/mol. The lowest BCUT2D eigenvalue weighted by Gasteiger charge is -2.18. The highest BCUT2D eigenvalue weighted by Crippen LogP contribution is 2.41. The highest BCUT2D eigenvalue weighted by atomic mass is 79.9. The maximum Gasteiger partial charge on any atom is 0.164 e. The highest BCUT2D eigenvalue weighted by molar-refractivity contribution is 9.10. The normalized spacial score (nSPS) is 11.9. The number of rotatable bonds is 6. The topological polar surface area (TPSA) is 43.1 Å². The molecule has 0 aliphatic carbocycles. The fourth-order valence-corrected chi connectivity index (χ4v) is 4.02. The number of halogens is 1. The molecule has 25 heavy (non-hydrogen) atoms. The van der Waals surface area contributed by atoms with Gasteiger partial charge in [0.2, 0.25) is 0 Å². The molecule has 2 nitrogen and oxygen atoms in total. The van der Waals surface area contributed by atoms with E-state index in [0.717, 1.165) is 26.2 Å². The third-order valence-electron chi connectivity index (χ3n) is 3.90. The van der Waals surface area contributed by atoms with Gasteiger partial charge in [-0.15, -0.1) is 11.8 Å². The van der Waals surface area contributed by atoms with E-state index in [9.17, 15) is 4.79 Å². The van der Waals surface area contributed by atoms with Crippen LogP contribution in [0.3, 0.4) is 0 Å². The van der Waals surface area contributed by atoms with Crippen LogP contribution in [0, 0.1) is 0 Å². The van der Waals surface area contributed by atoms with E-state index in [2.05, 4.69) is 28.1 Å². The Hall–Kier alpha value is -2.04. The van der Waals surface area contributed by atoms with Gasteiger partial charge in [0.25, 0.3) is 0 Å². The summed E-state index contributed by atoms with van der Waals surface area (Å²) in [5, 5.41) is 0.00510. The Kier molecular flexibility index (Phi) is 5.95. The quantitative estimate of drug-likeness (QED) is 0.301. The lowest BCUT2D eigenvalue weighted by atomic mass is 10.0. The summed E-state index contributed by atoms with van der Waals surface area (Å²) in [5.74, 6) is 0.135. The number of anilines is 1. The summed E-state index contributed by atoms with van der Waals surface area (Å²) in [6.45, 7) is 0. The number of carbonyl (C=O) groups is 1. The number of hydrogen-bond donors (Lipinski definition) is 1. The first-order valence-electron chi connectivity index (χ1n) is 7.98. The fourth-order valence-electron chi connectivity index (χ4n) is 2.56. The van der Waals surface area contributed by atoms with E-state index < -0.39 is 0 Å². The molecule has 0 unspecified atom stereocenters. The van der Waals surface area contributed by atoms with Crippen LogP contribution in [0.1, 0.15) is 27.6 Å². The Labute approximate surface area is 160 Å². The molecule has 0 spiro atoms. The van der Waals surface area contributed by atoms with Crippen molar-refractivity contribution in [3.63, 3.8) is 0 Å². The van der Waals surface area contributed by atoms with Crippen LogP contribution in [-0.4, -0.2) is 5.78 Å². The summed E-state index contributed by atoms with van der Waals surface area (Å²) in [5.41, 5.74) is 8.69. The van der Waals surface area contributed by atoms with Crippen LogP contribution < -0.4 is 5.73 Å². The Bertz CT molecular complexity index is 849. The minimum absolute atomic E-state index is 0.00510. The maximum atomic E-state index is 12.7. The third-order valence-corrected chi connectivity index (χ3v) is 5.77. The molecule has 0 saturated carbocycles. The molecule has 0 heterocycles. The minimum atomic E-state index is 0.00510. The summed E-state index contributed by atoms with van der Waals surface area (Å²) in [7, 11) is 0. The third kappa shape index (κ3) is 4.74. The first-order chi connectivity index (χ1) is 12.1. The van der Waals surface area contributed by atoms with E-state index in [4.69, 9.17) is 5.73 Å². The van der Waals surface area contributed by atoms with Crippen LogP contribution in [-0.2, 0) is 0 Å². The Morgan fingerprint density at radius 1 is 0.920 bits per heavy atom. The predicted octanol–water partition coefficient (Wildman–Crippen LogP) is 6.14. The van der Waals surface area contributed by atoms with Crippen molar-refractivity contribution < 1.29 is 4.79 Å². The van der Waals surface area contributed by atoms with E-state index in [-0.39, 0.29) is 11.0 Å². The van der Waals surface area contributed by atoms with Crippen LogP contribution in [0.15, 0.2) is 88.2 Å². The van der Waals surface area contributed by atoms with Gasteiger partial charge in [0.15, 0.2) is 5.78 Å². The number of carbonyl (C=O) groups excluding carboxylic acids is 1. The van der Waals surface area contributed by atoms with Gasteiger partial charge in [-0.1, -0.05) is 70.5 Å². The van der Waals surface area contributed by atoms with E-state index in [1.807, 2.05) is 66.7 Å². The molecule has 0 aromatic heterocycles. The summed E-state index contributed by atoms with van der Waals surface area (Å²) < 4.78 is 1.02. The molecule has 0 aliphatic rings. The van der Waals surface area contributed by atoms with Crippen LogP contribution in [0.5, 0.6) is 0 Å². The van der Waals surface area contributed by atoms with Crippen molar-refractivity contribution in [1.82, 2.24) is 0 Å². The molecule has 0 bridgehead atoms. The minimum Gasteiger partial charge on any atom is -0.398 e. The van der Waals surface area contributed by atoms with Crippen molar-refractivity contribution in [3.05, 3.63) is 94.5 Å². The zero-order valence-electron chi connectivity index (χ0n) is 13.6. The Morgan fingerprint density at radius 3 is 2.24 bits per heavy atom. The van der Waals surface area contributed by atoms with E-state index in [1.54, 1.807) is 11.8 Å². The van der Waals surface area contributed by atoms with Crippen LogP contribution in [0.4, 0.5) is 5.69 Å². The number of hydrogen-bond acceptors (Lipinski definition) is 3. The van der Waals surface area contributed by atoms with Gasteiger partial charge in [-0.2, -0.15) is 0 Å². The smallest absolute Gasteiger partial charge is 0.164 e. The number of thioether (sulfide) groups is 1. The second-order valence-corrected chi connectivity index (χ2v) is 7.85. The summed E-state index contributed by atoms with van der Waals surface area (Å²) in [6.07, 6.45) is 0.421. The van der Waals surface area contributed by atoms with Crippen LogP contribution in [0.2, 0.25) is 0 Å². The van der Waals surface area contributed by atoms with Gasteiger partial charge in [0.05, 0.1) is 0 Å². The number of para-hydroxylation sites is 1. The SMILES string of the molecule is Nc1ccccc1S[C@H](CC(=O)c1ccccc1)c1ccc(Br)cc1. The molecule has 3 aromatic rings. The fraction of sp³-hybridized carbons (Fsp3) is 0.0952. The highest BCUT2D eigenvalue weighted by Gasteiger charge is 2.19. The van der Waals surface area contributed by atoms with Gasteiger partial charge < -0.3 is 5.73 Å². The average Bonchev–Trinajstić information content (AvgIpc) is 2.64. The zero-order chi connectivity index (χ0) is 17.6. The maximum absolute atomic E-state index is 12.7. The van der Waals surface area contributed by atoms with Gasteiger partial charge in [0, 0.05) is 32.3 Å². The Balaban J connectivity index is 1.87. The molecule has 4 heteroatoms. The molecule has 0 radical (unpaired) electrons. The van der Waals surface area contributed by atoms with Gasteiger partial charge in [0.1, 0.15) is 0 Å². The standard InChI is InChI=1S/C21H18BrNOS/c22-17-12-10-16(11-13-17)21(25-20-9-5-4-8-18(20)23)14-19(24)15-6-2-1-3-7-15/h1-13,21H,14,23H2/t21-/m1/s1. The lowest BCUT2D eigenvalue weighted by molar-refractivity contribution is 0.0982. The largest absolute Gasteiger partial charge is 0.398 e. The van der Waals surface area contributed by atoms with Crippen molar-refractivity contribution in [2.45, 2.75) is 16.6 Å². The second kappa shape index (κ2) is 8.37. The van der Waals surface area contributed by atoms with Gasteiger partial charge in [-0.05, 0) is 29.8 Å². The van der Waals surface area contributed by atoms with E-state index in [1.165, 1.54) is 0 Å². The number of nitrogens with two attached hydrogens (primary N) is 1. The van der Waals surface area contributed by atoms with Crippen molar-refractivity contribution in [2.75, 3.05) is 5.73 Å². The van der Waals surface area contributed by atoms with E-state index in [0.29, 0.717) is 6.42 Å². The summed E-state index contributed by atoms with van der Waals surface area (Å²) >= 11 is 5.10. The molecule has 0 fully saturated rings. The number of ketones is 1. The van der Waals surface area contributed by atoms with Gasteiger partial charge in [-0.25, -0.2) is 0 Å².